The average Bonchev–Trinajstić information content (AvgIpc) is 2.74. The standard InChI is InChI=1S/C12H16N2O3.ClH/c1-8(13)12(15)14(2)6-9-3-4-10-11(5-9)17-7-16-10;/h3-5,8H,6-7,13H2,1-2H3;1H. The first-order valence-corrected chi connectivity index (χ1v) is 5.47. The summed E-state index contributed by atoms with van der Waals surface area (Å²) in [6.07, 6.45) is 0. The third-order valence-electron chi connectivity index (χ3n) is 2.62. The van der Waals surface area contributed by atoms with E-state index in [2.05, 4.69) is 0 Å². The molecule has 1 aliphatic rings. The van der Waals surface area contributed by atoms with Gasteiger partial charge in [-0.2, -0.15) is 0 Å². The summed E-state index contributed by atoms with van der Waals surface area (Å²) in [6, 6.07) is 5.17. The van der Waals surface area contributed by atoms with Crippen LogP contribution in [0.2, 0.25) is 0 Å². The van der Waals surface area contributed by atoms with Crippen molar-refractivity contribution in [1.82, 2.24) is 4.90 Å². The zero-order valence-electron chi connectivity index (χ0n) is 10.4. The number of rotatable bonds is 3. The number of amides is 1. The summed E-state index contributed by atoms with van der Waals surface area (Å²) in [5.41, 5.74) is 6.54. The first-order chi connectivity index (χ1) is 8.08. The molecule has 18 heavy (non-hydrogen) atoms. The molecule has 2 rings (SSSR count). The van der Waals surface area contributed by atoms with Crippen LogP contribution in [0.15, 0.2) is 18.2 Å². The second-order valence-corrected chi connectivity index (χ2v) is 4.17. The molecule has 0 saturated carbocycles. The van der Waals surface area contributed by atoms with Gasteiger partial charge in [-0.25, -0.2) is 0 Å². The first-order valence-electron chi connectivity index (χ1n) is 5.47. The summed E-state index contributed by atoms with van der Waals surface area (Å²) in [6.45, 7) is 2.45. The van der Waals surface area contributed by atoms with Crippen LogP contribution in [0, 0.1) is 0 Å². The molecule has 100 valence electrons. The quantitative estimate of drug-likeness (QED) is 0.896. The predicted molar refractivity (Wildman–Crippen MR) is 69.9 cm³/mol. The van der Waals surface area contributed by atoms with Gasteiger partial charge >= 0.3 is 0 Å². The summed E-state index contributed by atoms with van der Waals surface area (Å²) in [5, 5.41) is 0. The summed E-state index contributed by atoms with van der Waals surface area (Å²) in [4.78, 5) is 13.2. The number of nitrogens with two attached hydrogens (primary N) is 1. The number of likely N-dealkylation sites (N-methyl/N-ethyl adjacent to an activating group) is 1. The Morgan fingerprint density at radius 2 is 2.11 bits per heavy atom. The number of carbonyl (C=O) groups is 1. The van der Waals surface area contributed by atoms with E-state index >= 15 is 0 Å². The normalized spacial score (nSPS) is 13.7. The molecule has 0 aliphatic carbocycles. The lowest BCUT2D eigenvalue weighted by molar-refractivity contribution is -0.131. The van der Waals surface area contributed by atoms with E-state index in [0.29, 0.717) is 6.54 Å². The minimum Gasteiger partial charge on any atom is -0.454 e. The van der Waals surface area contributed by atoms with Crippen LogP contribution in [0.5, 0.6) is 11.5 Å². The Labute approximate surface area is 112 Å². The van der Waals surface area contributed by atoms with Crippen LogP contribution in [0.25, 0.3) is 0 Å². The Morgan fingerprint density at radius 1 is 1.44 bits per heavy atom. The van der Waals surface area contributed by atoms with Gasteiger partial charge in [-0.3, -0.25) is 4.79 Å². The van der Waals surface area contributed by atoms with E-state index < -0.39 is 6.04 Å². The van der Waals surface area contributed by atoms with Crippen LogP contribution >= 0.6 is 12.4 Å². The molecular formula is C12H17ClN2O3. The molecule has 0 radical (unpaired) electrons. The second-order valence-electron chi connectivity index (χ2n) is 4.17. The summed E-state index contributed by atoms with van der Waals surface area (Å²) >= 11 is 0. The maximum absolute atomic E-state index is 11.6. The molecule has 1 heterocycles. The van der Waals surface area contributed by atoms with Crippen molar-refractivity contribution in [3.8, 4) is 11.5 Å². The van der Waals surface area contributed by atoms with Crippen LogP contribution in [-0.4, -0.2) is 30.7 Å². The van der Waals surface area contributed by atoms with Gasteiger partial charge in [-0.05, 0) is 24.6 Å². The Kier molecular flexibility index (Phi) is 4.81. The highest BCUT2D eigenvalue weighted by Crippen LogP contribution is 2.32. The first kappa shape index (κ1) is 14.6. The SMILES string of the molecule is CC(N)C(=O)N(C)Cc1ccc2c(c1)OCO2.Cl. The molecule has 1 amide bonds. The smallest absolute Gasteiger partial charge is 0.239 e. The molecule has 0 spiro atoms. The zero-order chi connectivity index (χ0) is 12.4. The maximum atomic E-state index is 11.6. The third-order valence-corrected chi connectivity index (χ3v) is 2.62. The van der Waals surface area contributed by atoms with Crippen LogP contribution < -0.4 is 15.2 Å². The number of nitrogens with zero attached hydrogens (tertiary/aromatic N) is 1. The highest BCUT2D eigenvalue weighted by Gasteiger charge is 2.16. The number of carbonyl (C=O) groups excluding carboxylic acids is 1. The van der Waals surface area contributed by atoms with E-state index in [0.717, 1.165) is 17.1 Å². The van der Waals surface area contributed by atoms with Gasteiger partial charge in [0.25, 0.3) is 0 Å². The van der Waals surface area contributed by atoms with E-state index in [1.807, 2.05) is 18.2 Å². The summed E-state index contributed by atoms with van der Waals surface area (Å²) in [5.74, 6) is 1.39. The summed E-state index contributed by atoms with van der Waals surface area (Å²) in [7, 11) is 1.73. The summed E-state index contributed by atoms with van der Waals surface area (Å²) < 4.78 is 10.5. The minimum absolute atomic E-state index is 0. The molecule has 1 aromatic rings. The van der Waals surface area contributed by atoms with Gasteiger partial charge in [0.1, 0.15) is 0 Å². The lowest BCUT2D eigenvalue weighted by Crippen LogP contribution is -2.39. The molecule has 0 aromatic heterocycles. The number of hydrogen-bond donors (Lipinski definition) is 1. The van der Waals surface area contributed by atoms with Crippen molar-refractivity contribution in [3.63, 3.8) is 0 Å². The van der Waals surface area contributed by atoms with Crippen molar-refractivity contribution >= 4 is 18.3 Å². The number of fused-ring (bicyclic) bond motifs is 1. The van der Waals surface area contributed by atoms with Gasteiger partial charge in [-0.15, -0.1) is 12.4 Å². The Bertz CT molecular complexity index is 437. The molecule has 1 atom stereocenters. The lowest BCUT2D eigenvalue weighted by Gasteiger charge is -2.19. The molecule has 1 unspecified atom stereocenters. The fraction of sp³-hybridized carbons (Fsp3) is 0.417. The topological polar surface area (TPSA) is 64.8 Å². The molecule has 0 bridgehead atoms. The Hall–Kier alpha value is -1.46. The van der Waals surface area contributed by atoms with Gasteiger partial charge in [0, 0.05) is 13.6 Å². The van der Waals surface area contributed by atoms with Crippen LogP contribution in [0.1, 0.15) is 12.5 Å². The molecule has 1 aromatic carbocycles. The highest BCUT2D eigenvalue weighted by molar-refractivity contribution is 5.85. The van der Waals surface area contributed by atoms with Crippen LogP contribution in [0.4, 0.5) is 0 Å². The van der Waals surface area contributed by atoms with Gasteiger partial charge in [0.2, 0.25) is 12.7 Å². The van der Waals surface area contributed by atoms with Gasteiger partial charge in [0.15, 0.2) is 11.5 Å². The molecule has 0 saturated heterocycles. The van der Waals surface area contributed by atoms with E-state index in [4.69, 9.17) is 15.2 Å². The minimum atomic E-state index is -0.478. The van der Waals surface area contributed by atoms with Crippen LogP contribution in [-0.2, 0) is 11.3 Å². The predicted octanol–water partition coefficient (Wildman–Crippen LogP) is 1.14. The third kappa shape index (κ3) is 3.05. The average molecular weight is 273 g/mol. The molecule has 2 N–H and O–H groups in total. The molecule has 5 nitrogen and oxygen atoms in total. The molecule has 0 fully saturated rings. The number of hydrogen-bond acceptors (Lipinski definition) is 4. The molecule has 1 aliphatic heterocycles. The maximum Gasteiger partial charge on any atom is 0.239 e. The lowest BCUT2D eigenvalue weighted by atomic mass is 10.2. The van der Waals surface area contributed by atoms with Crippen molar-refractivity contribution in [2.24, 2.45) is 5.73 Å². The van der Waals surface area contributed by atoms with Gasteiger partial charge < -0.3 is 20.1 Å². The number of benzene rings is 1. The second kappa shape index (κ2) is 5.93. The van der Waals surface area contributed by atoms with Crippen molar-refractivity contribution in [1.29, 1.82) is 0 Å². The number of halogens is 1. The van der Waals surface area contributed by atoms with Crippen molar-refractivity contribution in [2.45, 2.75) is 19.5 Å². The fourth-order valence-electron chi connectivity index (χ4n) is 1.74. The van der Waals surface area contributed by atoms with Gasteiger partial charge in [0.05, 0.1) is 6.04 Å². The van der Waals surface area contributed by atoms with Crippen molar-refractivity contribution in [3.05, 3.63) is 23.8 Å². The fourth-order valence-corrected chi connectivity index (χ4v) is 1.74. The van der Waals surface area contributed by atoms with Crippen LogP contribution in [0.3, 0.4) is 0 Å². The Morgan fingerprint density at radius 3 is 2.78 bits per heavy atom. The molecule has 6 heteroatoms. The number of ether oxygens (including phenoxy) is 2. The van der Waals surface area contributed by atoms with E-state index in [-0.39, 0.29) is 25.1 Å². The monoisotopic (exact) mass is 272 g/mol. The van der Waals surface area contributed by atoms with E-state index in [1.54, 1.807) is 18.9 Å². The highest BCUT2D eigenvalue weighted by atomic mass is 35.5. The van der Waals surface area contributed by atoms with Crippen molar-refractivity contribution < 1.29 is 14.3 Å². The molecular weight excluding hydrogens is 256 g/mol. The largest absolute Gasteiger partial charge is 0.454 e. The zero-order valence-corrected chi connectivity index (χ0v) is 11.2. The Balaban J connectivity index is 0.00000162. The van der Waals surface area contributed by atoms with Gasteiger partial charge in [-0.1, -0.05) is 6.07 Å². The van der Waals surface area contributed by atoms with E-state index in [9.17, 15) is 4.79 Å². The van der Waals surface area contributed by atoms with E-state index in [1.165, 1.54) is 0 Å². The van der Waals surface area contributed by atoms with Crippen molar-refractivity contribution in [2.75, 3.05) is 13.8 Å².